The zero-order valence-corrected chi connectivity index (χ0v) is 11.5. The molecule has 0 aliphatic rings. The zero-order chi connectivity index (χ0) is 14.4. The van der Waals surface area contributed by atoms with E-state index in [1.54, 1.807) is 13.2 Å². The van der Waals surface area contributed by atoms with Gasteiger partial charge in [0.05, 0.1) is 12.6 Å². The first-order chi connectivity index (χ1) is 9.74. The van der Waals surface area contributed by atoms with Gasteiger partial charge in [0.2, 0.25) is 0 Å². The van der Waals surface area contributed by atoms with Crippen molar-refractivity contribution < 1.29 is 14.6 Å². The number of carbonyl (C=O) groups is 1. The minimum atomic E-state index is -0.177. The lowest BCUT2D eigenvalue weighted by atomic mass is 10.1. The Hall–Kier alpha value is -1.91. The van der Waals surface area contributed by atoms with Crippen LogP contribution in [0.5, 0.6) is 0 Å². The van der Waals surface area contributed by atoms with Gasteiger partial charge in [-0.1, -0.05) is 30.3 Å². The molecule has 0 aliphatic carbocycles. The molecule has 0 aromatic heterocycles. The standard InChI is InChI=1S/C16H19NO3/c1-20-11-15(8-9-18)17-16(19)14-7-6-12-4-2-3-5-13(12)10-14/h2-7,10,15,18H,8-9,11H2,1H3,(H,17,19). The number of rotatable bonds is 6. The highest BCUT2D eigenvalue weighted by Crippen LogP contribution is 2.15. The minimum Gasteiger partial charge on any atom is -0.396 e. The summed E-state index contributed by atoms with van der Waals surface area (Å²) in [7, 11) is 1.58. The van der Waals surface area contributed by atoms with E-state index < -0.39 is 0 Å². The van der Waals surface area contributed by atoms with Gasteiger partial charge in [-0.25, -0.2) is 0 Å². The van der Waals surface area contributed by atoms with E-state index in [4.69, 9.17) is 9.84 Å². The molecule has 106 valence electrons. The van der Waals surface area contributed by atoms with E-state index in [9.17, 15) is 4.79 Å². The third kappa shape index (κ3) is 3.56. The second-order valence-corrected chi connectivity index (χ2v) is 4.70. The van der Waals surface area contributed by atoms with E-state index >= 15 is 0 Å². The fourth-order valence-corrected chi connectivity index (χ4v) is 2.15. The zero-order valence-electron chi connectivity index (χ0n) is 11.5. The summed E-state index contributed by atoms with van der Waals surface area (Å²) < 4.78 is 5.04. The Morgan fingerprint density at radius 1 is 1.25 bits per heavy atom. The molecule has 1 unspecified atom stereocenters. The van der Waals surface area contributed by atoms with Gasteiger partial charge in [0, 0.05) is 19.3 Å². The number of ether oxygens (including phenoxy) is 1. The average molecular weight is 273 g/mol. The molecule has 0 bridgehead atoms. The van der Waals surface area contributed by atoms with Crippen molar-refractivity contribution in [2.24, 2.45) is 0 Å². The van der Waals surface area contributed by atoms with Crippen LogP contribution in [0.15, 0.2) is 42.5 Å². The van der Waals surface area contributed by atoms with Gasteiger partial charge in [-0.3, -0.25) is 4.79 Å². The van der Waals surface area contributed by atoms with Gasteiger partial charge in [-0.2, -0.15) is 0 Å². The number of fused-ring (bicyclic) bond motifs is 1. The van der Waals surface area contributed by atoms with Crippen LogP contribution in [0.25, 0.3) is 10.8 Å². The third-order valence-electron chi connectivity index (χ3n) is 3.19. The normalized spacial score (nSPS) is 12.3. The van der Waals surface area contributed by atoms with Crippen molar-refractivity contribution in [3.05, 3.63) is 48.0 Å². The summed E-state index contributed by atoms with van der Waals surface area (Å²) >= 11 is 0. The molecule has 0 radical (unpaired) electrons. The molecule has 1 amide bonds. The third-order valence-corrected chi connectivity index (χ3v) is 3.19. The Bertz CT molecular complexity index is 577. The summed E-state index contributed by atoms with van der Waals surface area (Å²) in [5.41, 5.74) is 0.614. The second kappa shape index (κ2) is 7.03. The second-order valence-electron chi connectivity index (χ2n) is 4.70. The summed E-state index contributed by atoms with van der Waals surface area (Å²) in [4.78, 5) is 12.2. The van der Waals surface area contributed by atoms with Gasteiger partial charge in [-0.05, 0) is 29.3 Å². The SMILES string of the molecule is COCC(CCO)NC(=O)c1ccc2ccccc2c1. The molecule has 2 aromatic carbocycles. The number of aliphatic hydroxyl groups is 1. The fraction of sp³-hybridized carbons (Fsp3) is 0.312. The number of benzene rings is 2. The molecule has 4 nitrogen and oxygen atoms in total. The summed E-state index contributed by atoms with van der Waals surface area (Å²) in [5.74, 6) is -0.147. The number of aliphatic hydroxyl groups excluding tert-OH is 1. The van der Waals surface area contributed by atoms with Gasteiger partial charge in [0.15, 0.2) is 0 Å². The first-order valence-electron chi connectivity index (χ1n) is 6.64. The maximum absolute atomic E-state index is 12.2. The lowest BCUT2D eigenvalue weighted by Gasteiger charge is -2.17. The van der Waals surface area contributed by atoms with Crippen molar-refractivity contribution in [3.63, 3.8) is 0 Å². The molecular formula is C16H19NO3. The lowest BCUT2D eigenvalue weighted by molar-refractivity contribution is 0.0879. The van der Waals surface area contributed by atoms with E-state index in [2.05, 4.69) is 5.32 Å². The predicted octanol–water partition coefficient (Wildman–Crippen LogP) is 1.97. The molecular weight excluding hydrogens is 254 g/mol. The summed E-state index contributed by atoms with van der Waals surface area (Å²) in [5, 5.41) is 14.0. The average Bonchev–Trinajstić information content (AvgIpc) is 2.47. The molecule has 0 saturated carbocycles. The Labute approximate surface area is 118 Å². The van der Waals surface area contributed by atoms with Crippen LogP contribution in [0.1, 0.15) is 16.8 Å². The number of amides is 1. The molecule has 1 atom stereocenters. The molecule has 0 spiro atoms. The van der Waals surface area contributed by atoms with Crippen LogP contribution in [0, 0.1) is 0 Å². The number of hydrogen-bond donors (Lipinski definition) is 2. The molecule has 0 fully saturated rings. The first-order valence-corrected chi connectivity index (χ1v) is 6.64. The van der Waals surface area contributed by atoms with Crippen molar-refractivity contribution in [3.8, 4) is 0 Å². The van der Waals surface area contributed by atoms with Gasteiger partial charge < -0.3 is 15.2 Å². The molecule has 20 heavy (non-hydrogen) atoms. The highest BCUT2D eigenvalue weighted by Gasteiger charge is 2.13. The van der Waals surface area contributed by atoms with E-state index in [0.717, 1.165) is 10.8 Å². The van der Waals surface area contributed by atoms with Crippen LogP contribution in [0.2, 0.25) is 0 Å². The predicted molar refractivity (Wildman–Crippen MR) is 78.8 cm³/mol. The quantitative estimate of drug-likeness (QED) is 0.846. The van der Waals surface area contributed by atoms with Crippen molar-refractivity contribution >= 4 is 16.7 Å². The summed E-state index contributed by atoms with van der Waals surface area (Å²) in [6, 6.07) is 13.3. The first kappa shape index (κ1) is 14.5. The monoisotopic (exact) mass is 273 g/mol. The summed E-state index contributed by atoms with van der Waals surface area (Å²) in [6.07, 6.45) is 0.479. The fourth-order valence-electron chi connectivity index (χ4n) is 2.15. The molecule has 2 aromatic rings. The Balaban J connectivity index is 2.13. The van der Waals surface area contributed by atoms with E-state index in [-0.39, 0.29) is 18.6 Å². The number of carbonyl (C=O) groups excluding carboxylic acids is 1. The van der Waals surface area contributed by atoms with Gasteiger partial charge >= 0.3 is 0 Å². The van der Waals surface area contributed by atoms with Crippen LogP contribution in [-0.4, -0.2) is 37.4 Å². The number of hydrogen-bond acceptors (Lipinski definition) is 3. The molecule has 2 rings (SSSR count). The van der Waals surface area contributed by atoms with Gasteiger partial charge in [0.1, 0.15) is 0 Å². The molecule has 0 heterocycles. The highest BCUT2D eigenvalue weighted by molar-refractivity contribution is 5.98. The molecule has 2 N–H and O–H groups in total. The van der Waals surface area contributed by atoms with Crippen molar-refractivity contribution in [1.29, 1.82) is 0 Å². The Morgan fingerprint density at radius 3 is 2.70 bits per heavy atom. The van der Waals surface area contributed by atoms with Crippen LogP contribution in [0.3, 0.4) is 0 Å². The Morgan fingerprint density at radius 2 is 2.00 bits per heavy atom. The topological polar surface area (TPSA) is 58.6 Å². The number of methoxy groups -OCH3 is 1. The van der Waals surface area contributed by atoms with Crippen molar-refractivity contribution in [1.82, 2.24) is 5.32 Å². The van der Waals surface area contributed by atoms with Gasteiger partial charge in [0.25, 0.3) is 5.91 Å². The minimum absolute atomic E-state index is 0.0199. The van der Waals surface area contributed by atoms with Crippen LogP contribution < -0.4 is 5.32 Å². The van der Waals surface area contributed by atoms with Gasteiger partial charge in [-0.15, -0.1) is 0 Å². The smallest absolute Gasteiger partial charge is 0.251 e. The maximum Gasteiger partial charge on any atom is 0.251 e. The lowest BCUT2D eigenvalue weighted by Crippen LogP contribution is -2.38. The van der Waals surface area contributed by atoms with E-state index in [0.29, 0.717) is 18.6 Å². The van der Waals surface area contributed by atoms with Crippen molar-refractivity contribution in [2.45, 2.75) is 12.5 Å². The molecule has 0 aliphatic heterocycles. The van der Waals surface area contributed by atoms with Crippen LogP contribution in [0.4, 0.5) is 0 Å². The van der Waals surface area contributed by atoms with Crippen LogP contribution in [-0.2, 0) is 4.74 Å². The largest absolute Gasteiger partial charge is 0.396 e. The maximum atomic E-state index is 12.2. The molecule has 0 saturated heterocycles. The number of nitrogens with one attached hydrogen (secondary N) is 1. The van der Waals surface area contributed by atoms with Crippen LogP contribution >= 0.6 is 0 Å². The highest BCUT2D eigenvalue weighted by atomic mass is 16.5. The van der Waals surface area contributed by atoms with E-state index in [1.807, 2.05) is 36.4 Å². The van der Waals surface area contributed by atoms with Crippen molar-refractivity contribution in [2.75, 3.05) is 20.3 Å². The molecule has 4 heteroatoms. The van der Waals surface area contributed by atoms with E-state index in [1.165, 1.54) is 0 Å². The Kier molecular flexibility index (Phi) is 5.09. The summed E-state index contributed by atoms with van der Waals surface area (Å²) in [6.45, 7) is 0.409.